The summed E-state index contributed by atoms with van der Waals surface area (Å²) < 4.78 is 0.977. The molecule has 0 saturated heterocycles. The molecule has 0 saturated carbocycles. The predicted octanol–water partition coefficient (Wildman–Crippen LogP) is 4.87. The largest absolute Gasteiger partial charge is 0.478 e. The second-order valence-corrected chi connectivity index (χ2v) is 5.63. The Morgan fingerprint density at radius 3 is 2.55 bits per heavy atom. The number of carbonyl (C=O) groups is 1. The maximum absolute atomic E-state index is 11.4. The van der Waals surface area contributed by atoms with Crippen LogP contribution in [0.2, 0.25) is 0 Å². The fraction of sp³-hybridized carbons (Fsp3) is 0. The van der Waals surface area contributed by atoms with Gasteiger partial charge in [-0.1, -0.05) is 58.4 Å². The van der Waals surface area contributed by atoms with Gasteiger partial charge in [0.15, 0.2) is 0 Å². The van der Waals surface area contributed by atoms with Crippen molar-refractivity contribution in [2.75, 3.05) is 0 Å². The molecule has 0 unspecified atom stereocenters. The Bertz CT molecular complexity index is 887. The Kier molecular flexibility index (Phi) is 4.02. The molecule has 0 aliphatic carbocycles. The Hall–Kier alpha value is -2.46. The molecule has 3 rings (SSSR count). The lowest BCUT2D eigenvalue weighted by Gasteiger charge is -2.04. The molecular formula is C18H12BrNO2. The van der Waals surface area contributed by atoms with Gasteiger partial charge in [0.2, 0.25) is 0 Å². The van der Waals surface area contributed by atoms with Crippen LogP contribution in [0.5, 0.6) is 0 Å². The third-order valence-electron chi connectivity index (χ3n) is 3.31. The van der Waals surface area contributed by atoms with Crippen molar-refractivity contribution in [1.82, 2.24) is 4.98 Å². The molecule has 1 N–H and O–H groups in total. The van der Waals surface area contributed by atoms with Crippen molar-refractivity contribution in [2.45, 2.75) is 0 Å². The minimum absolute atomic E-state index is 0.261. The molecule has 1 aromatic heterocycles. The second kappa shape index (κ2) is 6.12. The van der Waals surface area contributed by atoms with E-state index in [4.69, 9.17) is 0 Å². The minimum Gasteiger partial charge on any atom is -0.478 e. The number of hydrogen-bond acceptors (Lipinski definition) is 2. The van der Waals surface area contributed by atoms with Gasteiger partial charge in [-0.3, -0.25) is 0 Å². The van der Waals surface area contributed by atoms with Crippen LogP contribution >= 0.6 is 15.9 Å². The van der Waals surface area contributed by atoms with Crippen LogP contribution < -0.4 is 0 Å². The van der Waals surface area contributed by atoms with Crippen LogP contribution in [0.1, 0.15) is 21.6 Å². The number of rotatable bonds is 3. The normalized spacial score (nSPS) is 11.1. The highest BCUT2D eigenvalue weighted by molar-refractivity contribution is 9.10. The van der Waals surface area contributed by atoms with Gasteiger partial charge in [-0.05, 0) is 29.8 Å². The summed E-state index contributed by atoms with van der Waals surface area (Å²) in [5, 5.41) is 10.0. The molecule has 0 spiro atoms. The maximum Gasteiger partial charge on any atom is 0.336 e. The topological polar surface area (TPSA) is 50.2 Å². The lowest BCUT2D eigenvalue weighted by Crippen LogP contribution is -2.00. The summed E-state index contributed by atoms with van der Waals surface area (Å²) in [7, 11) is 0. The summed E-state index contributed by atoms with van der Waals surface area (Å²) >= 11 is 3.48. The molecule has 0 amide bonds. The van der Waals surface area contributed by atoms with Gasteiger partial charge >= 0.3 is 5.97 Å². The first-order chi connectivity index (χ1) is 10.6. The van der Waals surface area contributed by atoms with Crippen LogP contribution in [0.25, 0.3) is 23.1 Å². The van der Waals surface area contributed by atoms with Crippen molar-refractivity contribution in [2.24, 2.45) is 0 Å². The highest BCUT2D eigenvalue weighted by Crippen LogP contribution is 2.21. The fourth-order valence-corrected chi connectivity index (χ4v) is 2.66. The van der Waals surface area contributed by atoms with Crippen molar-refractivity contribution in [3.63, 3.8) is 0 Å². The maximum atomic E-state index is 11.4. The van der Waals surface area contributed by atoms with E-state index in [9.17, 15) is 9.90 Å². The molecule has 22 heavy (non-hydrogen) atoms. The molecule has 4 heteroatoms. The number of aromatic nitrogens is 1. The first-order valence-corrected chi connectivity index (χ1v) is 7.50. The SMILES string of the molecule is O=C(O)c1cc(C=Cc2ccccc2Br)nc2ccccc12. The molecule has 1 heterocycles. The van der Waals surface area contributed by atoms with Crippen molar-refractivity contribution in [1.29, 1.82) is 0 Å². The zero-order valence-corrected chi connectivity index (χ0v) is 13.1. The third kappa shape index (κ3) is 2.92. The van der Waals surface area contributed by atoms with E-state index in [0.29, 0.717) is 16.6 Å². The van der Waals surface area contributed by atoms with E-state index in [2.05, 4.69) is 20.9 Å². The first-order valence-electron chi connectivity index (χ1n) is 6.71. The predicted molar refractivity (Wildman–Crippen MR) is 91.8 cm³/mol. The monoisotopic (exact) mass is 353 g/mol. The van der Waals surface area contributed by atoms with E-state index in [1.165, 1.54) is 0 Å². The standard InChI is InChI=1S/C18H12BrNO2/c19-16-7-3-1-5-12(16)9-10-13-11-15(18(21)22)14-6-2-4-8-17(14)20-13/h1-11H,(H,21,22). The molecule has 108 valence electrons. The highest BCUT2D eigenvalue weighted by Gasteiger charge is 2.10. The number of halogens is 1. The van der Waals surface area contributed by atoms with Crippen LogP contribution in [0.4, 0.5) is 0 Å². The first kappa shape index (κ1) is 14.5. The number of fused-ring (bicyclic) bond motifs is 1. The third-order valence-corrected chi connectivity index (χ3v) is 4.03. The van der Waals surface area contributed by atoms with Crippen LogP contribution in [-0.2, 0) is 0 Å². The molecule has 0 radical (unpaired) electrons. The lowest BCUT2D eigenvalue weighted by molar-refractivity contribution is 0.0699. The summed E-state index contributed by atoms with van der Waals surface area (Å²) in [6.45, 7) is 0. The van der Waals surface area contributed by atoms with E-state index < -0.39 is 5.97 Å². The average Bonchev–Trinajstić information content (AvgIpc) is 2.53. The molecule has 0 aliphatic rings. The molecule has 0 bridgehead atoms. The fourth-order valence-electron chi connectivity index (χ4n) is 2.24. The zero-order valence-electron chi connectivity index (χ0n) is 11.5. The molecule has 0 atom stereocenters. The quantitative estimate of drug-likeness (QED) is 0.730. The van der Waals surface area contributed by atoms with Gasteiger partial charge in [-0.2, -0.15) is 0 Å². The molecular weight excluding hydrogens is 342 g/mol. The smallest absolute Gasteiger partial charge is 0.336 e. The van der Waals surface area contributed by atoms with Crippen molar-refractivity contribution in [3.8, 4) is 0 Å². The summed E-state index contributed by atoms with van der Waals surface area (Å²) in [4.78, 5) is 15.9. The van der Waals surface area contributed by atoms with Crippen molar-refractivity contribution in [3.05, 3.63) is 75.9 Å². The molecule has 3 nitrogen and oxygen atoms in total. The number of carboxylic acid groups (broad SMARTS) is 1. The highest BCUT2D eigenvalue weighted by atomic mass is 79.9. The molecule has 0 aliphatic heterocycles. The van der Waals surface area contributed by atoms with Gasteiger partial charge in [-0.15, -0.1) is 0 Å². The Labute approximate surface area is 136 Å². The van der Waals surface area contributed by atoms with E-state index in [1.54, 1.807) is 12.1 Å². The lowest BCUT2D eigenvalue weighted by atomic mass is 10.1. The summed E-state index contributed by atoms with van der Waals surface area (Å²) in [6.07, 6.45) is 3.73. The van der Waals surface area contributed by atoms with Gasteiger partial charge < -0.3 is 5.11 Å². The zero-order chi connectivity index (χ0) is 15.5. The Morgan fingerprint density at radius 2 is 1.77 bits per heavy atom. The molecule has 2 aromatic carbocycles. The van der Waals surface area contributed by atoms with Gasteiger partial charge in [0.25, 0.3) is 0 Å². The summed E-state index contributed by atoms with van der Waals surface area (Å²) in [5.41, 5.74) is 2.56. The number of pyridine rings is 1. The second-order valence-electron chi connectivity index (χ2n) is 4.77. The minimum atomic E-state index is -0.950. The average molecular weight is 354 g/mol. The summed E-state index contributed by atoms with van der Waals surface area (Å²) in [5.74, 6) is -0.950. The van der Waals surface area contributed by atoms with E-state index in [-0.39, 0.29) is 5.56 Å². The van der Waals surface area contributed by atoms with E-state index in [0.717, 1.165) is 10.0 Å². The van der Waals surface area contributed by atoms with Crippen molar-refractivity contribution >= 4 is 45.0 Å². The van der Waals surface area contributed by atoms with Crippen LogP contribution in [0.3, 0.4) is 0 Å². The van der Waals surface area contributed by atoms with Crippen LogP contribution in [-0.4, -0.2) is 16.1 Å². The summed E-state index contributed by atoms with van der Waals surface area (Å²) in [6, 6.07) is 16.7. The molecule has 3 aromatic rings. The number of para-hydroxylation sites is 1. The number of carboxylic acids is 1. The van der Waals surface area contributed by atoms with E-state index in [1.807, 2.05) is 54.6 Å². The van der Waals surface area contributed by atoms with Crippen LogP contribution in [0.15, 0.2) is 59.1 Å². The Balaban J connectivity index is 2.08. The van der Waals surface area contributed by atoms with Crippen molar-refractivity contribution < 1.29 is 9.90 Å². The van der Waals surface area contributed by atoms with Gasteiger partial charge in [0.1, 0.15) is 0 Å². The van der Waals surface area contributed by atoms with Gasteiger partial charge in [0, 0.05) is 9.86 Å². The van der Waals surface area contributed by atoms with Crippen LogP contribution in [0, 0.1) is 0 Å². The number of benzene rings is 2. The number of hydrogen-bond donors (Lipinski definition) is 1. The van der Waals surface area contributed by atoms with Gasteiger partial charge in [0.05, 0.1) is 16.8 Å². The Morgan fingerprint density at radius 1 is 1.05 bits per heavy atom. The van der Waals surface area contributed by atoms with Gasteiger partial charge in [-0.25, -0.2) is 9.78 Å². The number of aromatic carboxylic acids is 1. The van der Waals surface area contributed by atoms with E-state index >= 15 is 0 Å². The molecule has 0 fully saturated rings. The number of nitrogens with zero attached hydrogens (tertiary/aromatic N) is 1.